The number of aryl methyl sites for hydroxylation is 1. The molecule has 0 radical (unpaired) electrons. The van der Waals surface area contributed by atoms with Crippen LogP contribution in [0.25, 0.3) is 0 Å². The average molecular weight is 268 g/mol. The van der Waals surface area contributed by atoms with Gasteiger partial charge < -0.3 is 9.84 Å². The number of nitrogens with zero attached hydrogens (tertiary/aromatic N) is 4. The van der Waals surface area contributed by atoms with Gasteiger partial charge >= 0.3 is 0 Å². The van der Waals surface area contributed by atoms with E-state index in [2.05, 4.69) is 36.0 Å². The lowest BCUT2D eigenvalue weighted by Gasteiger charge is -2.43. The number of morpholine rings is 1. The van der Waals surface area contributed by atoms with E-state index in [0.717, 1.165) is 45.0 Å². The lowest BCUT2D eigenvalue weighted by Crippen LogP contribution is -2.53. The van der Waals surface area contributed by atoms with Crippen molar-refractivity contribution in [3.8, 4) is 0 Å². The third kappa shape index (κ3) is 2.96. The van der Waals surface area contributed by atoms with Gasteiger partial charge in [-0.25, -0.2) is 4.68 Å². The van der Waals surface area contributed by atoms with Crippen molar-refractivity contribution in [3.05, 3.63) is 11.9 Å². The van der Waals surface area contributed by atoms with Crippen molar-refractivity contribution in [2.75, 3.05) is 26.3 Å². The quantitative estimate of drug-likeness (QED) is 0.857. The highest BCUT2D eigenvalue weighted by Crippen LogP contribution is 2.31. The maximum absolute atomic E-state index is 10.7. The molecule has 0 bridgehead atoms. The highest BCUT2D eigenvalue weighted by molar-refractivity contribution is 5.07. The van der Waals surface area contributed by atoms with Crippen LogP contribution in [-0.4, -0.2) is 56.8 Å². The molecule has 1 fully saturated rings. The van der Waals surface area contributed by atoms with E-state index in [9.17, 15) is 5.11 Å². The van der Waals surface area contributed by atoms with E-state index < -0.39 is 6.10 Å². The van der Waals surface area contributed by atoms with Crippen LogP contribution in [-0.2, 0) is 11.3 Å². The number of hydrogen-bond donors (Lipinski definition) is 1. The van der Waals surface area contributed by atoms with Gasteiger partial charge in [-0.3, -0.25) is 4.90 Å². The van der Waals surface area contributed by atoms with Crippen LogP contribution in [0.1, 0.15) is 39.0 Å². The molecule has 0 spiro atoms. The van der Waals surface area contributed by atoms with Gasteiger partial charge in [0, 0.05) is 25.2 Å². The van der Waals surface area contributed by atoms with Gasteiger partial charge in [-0.15, -0.1) is 5.10 Å². The van der Waals surface area contributed by atoms with Crippen molar-refractivity contribution in [1.29, 1.82) is 0 Å². The second-order valence-electron chi connectivity index (χ2n) is 5.54. The zero-order valence-corrected chi connectivity index (χ0v) is 12.0. The van der Waals surface area contributed by atoms with Gasteiger partial charge in [-0.2, -0.15) is 0 Å². The summed E-state index contributed by atoms with van der Waals surface area (Å²) in [5.41, 5.74) is 0.440. The second kappa shape index (κ2) is 5.98. The Morgan fingerprint density at radius 1 is 1.42 bits per heavy atom. The minimum Gasteiger partial charge on any atom is -0.385 e. The first kappa shape index (κ1) is 14.4. The van der Waals surface area contributed by atoms with Crippen molar-refractivity contribution in [1.82, 2.24) is 19.9 Å². The predicted molar refractivity (Wildman–Crippen MR) is 71.7 cm³/mol. The Hall–Kier alpha value is -0.980. The van der Waals surface area contributed by atoms with Crippen molar-refractivity contribution < 1.29 is 9.84 Å². The lowest BCUT2D eigenvalue weighted by molar-refractivity contribution is -0.0655. The van der Waals surface area contributed by atoms with Gasteiger partial charge in [0.15, 0.2) is 0 Å². The number of aliphatic hydroxyl groups excluding tert-OH is 1. The Balaban J connectivity index is 2.16. The van der Waals surface area contributed by atoms with Crippen LogP contribution in [0.4, 0.5) is 0 Å². The minimum atomic E-state index is -0.604. The first-order chi connectivity index (χ1) is 9.07. The Kier molecular flexibility index (Phi) is 4.54. The Labute approximate surface area is 114 Å². The summed E-state index contributed by atoms with van der Waals surface area (Å²) in [6.45, 7) is 10.1. The number of hydrogen-bond acceptors (Lipinski definition) is 5. The normalized spacial score (nSPS) is 19.6. The fourth-order valence-corrected chi connectivity index (χ4v) is 2.54. The van der Waals surface area contributed by atoms with E-state index in [1.54, 1.807) is 10.9 Å². The van der Waals surface area contributed by atoms with Crippen LogP contribution in [0.3, 0.4) is 0 Å². The van der Waals surface area contributed by atoms with Gasteiger partial charge in [0.2, 0.25) is 0 Å². The number of rotatable bonds is 5. The molecule has 1 N–H and O–H groups in total. The van der Waals surface area contributed by atoms with Crippen LogP contribution in [0.15, 0.2) is 6.20 Å². The molecular formula is C13H24N4O2. The molecule has 0 aromatic carbocycles. The molecule has 1 aromatic rings. The molecule has 0 saturated carbocycles. The molecule has 1 unspecified atom stereocenters. The Morgan fingerprint density at radius 3 is 2.74 bits per heavy atom. The standard InChI is InChI=1S/C13H24N4O2/c1-4-5-17-11(10-14-15-17)12(18)13(2,3)16-6-8-19-9-7-16/h10,12,18H,4-9H2,1-3H3. The molecule has 0 amide bonds. The van der Waals surface area contributed by atoms with Crippen LogP contribution in [0, 0.1) is 0 Å². The smallest absolute Gasteiger partial charge is 0.115 e. The van der Waals surface area contributed by atoms with Gasteiger partial charge in [0.25, 0.3) is 0 Å². The summed E-state index contributed by atoms with van der Waals surface area (Å²) in [6, 6.07) is 0. The summed E-state index contributed by atoms with van der Waals surface area (Å²) in [7, 11) is 0. The molecule has 0 aliphatic carbocycles. The molecule has 1 saturated heterocycles. The van der Waals surface area contributed by atoms with Gasteiger partial charge in [-0.1, -0.05) is 12.1 Å². The predicted octanol–water partition coefficient (Wildman–Crippen LogP) is 0.832. The molecule has 1 aliphatic rings. The molecule has 2 heterocycles. The molecule has 19 heavy (non-hydrogen) atoms. The average Bonchev–Trinajstić information content (AvgIpc) is 2.87. The third-order valence-electron chi connectivity index (χ3n) is 3.86. The third-order valence-corrected chi connectivity index (χ3v) is 3.86. The summed E-state index contributed by atoms with van der Waals surface area (Å²) < 4.78 is 7.17. The molecule has 1 aromatic heterocycles. The van der Waals surface area contributed by atoms with Gasteiger partial charge in [0.1, 0.15) is 6.10 Å². The molecule has 6 heteroatoms. The summed E-state index contributed by atoms with van der Waals surface area (Å²) in [6.07, 6.45) is 2.04. The SMILES string of the molecule is CCCn1nncc1C(O)C(C)(C)N1CCOCC1. The largest absolute Gasteiger partial charge is 0.385 e. The summed E-state index contributed by atoms with van der Waals surface area (Å²) >= 11 is 0. The van der Waals surface area contributed by atoms with Crippen molar-refractivity contribution >= 4 is 0 Å². The maximum atomic E-state index is 10.7. The Morgan fingerprint density at radius 2 is 2.11 bits per heavy atom. The van der Waals surface area contributed by atoms with E-state index in [0.29, 0.717) is 0 Å². The zero-order valence-electron chi connectivity index (χ0n) is 12.0. The molecule has 1 aliphatic heterocycles. The Bertz CT molecular complexity index is 399. The van der Waals surface area contributed by atoms with E-state index in [-0.39, 0.29) is 5.54 Å². The van der Waals surface area contributed by atoms with Crippen LogP contribution >= 0.6 is 0 Å². The first-order valence-corrected chi connectivity index (χ1v) is 6.96. The van der Waals surface area contributed by atoms with Crippen molar-refractivity contribution in [2.24, 2.45) is 0 Å². The van der Waals surface area contributed by atoms with Crippen LogP contribution in [0.5, 0.6) is 0 Å². The molecular weight excluding hydrogens is 244 g/mol. The maximum Gasteiger partial charge on any atom is 0.115 e. The fraction of sp³-hybridized carbons (Fsp3) is 0.846. The van der Waals surface area contributed by atoms with Crippen LogP contribution in [0.2, 0.25) is 0 Å². The summed E-state index contributed by atoms with van der Waals surface area (Å²) in [4.78, 5) is 2.27. The number of aliphatic hydroxyl groups is 1. The lowest BCUT2D eigenvalue weighted by atomic mass is 9.92. The molecule has 2 rings (SSSR count). The molecule has 108 valence electrons. The highest BCUT2D eigenvalue weighted by Gasteiger charge is 2.37. The second-order valence-corrected chi connectivity index (χ2v) is 5.54. The minimum absolute atomic E-state index is 0.350. The number of ether oxygens (including phenoxy) is 1. The fourth-order valence-electron chi connectivity index (χ4n) is 2.54. The van der Waals surface area contributed by atoms with E-state index in [4.69, 9.17) is 4.74 Å². The van der Waals surface area contributed by atoms with Crippen LogP contribution < -0.4 is 0 Å². The van der Waals surface area contributed by atoms with Crippen molar-refractivity contribution in [2.45, 2.75) is 45.4 Å². The first-order valence-electron chi connectivity index (χ1n) is 6.96. The summed E-state index contributed by atoms with van der Waals surface area (Å²) in [5.74, 6) is 0. The van der Waals surface area contributed by atoms with Crippen molar-refractivity contribution in [3.63, 3.8) is 0 Å². The highest BCUT2D eigenvalue weighted by atomic mass is 16.5. The topological polar surface area (TPSA) is 63.4 Å². The van der Waals surface area contributed by atoms with E-state index >= 15 is 0 Å². The van der Waals surface area contributed by atoms with Gasteiger partial charge in [-0.05, 0) is 20.3 Å². The van der Waals surface area contributed by atoms with Gasteiger partial charge in [0.05, 0.1) is 25.1 Å². The zero-order chi connectivity index (χ0) is 13.9. The monoisotopic (exact) mass is 268 g/mol. The van der Waals surface area contributed by atoms with E-state index in [1.807, 2.05) is 0 Å². The summed E-state index contributed by atoms with van der Waals surface area (Å²) in [5, 5.41) is 18.7. The van der Waals surface area contributed by atoms with E-state index in [1.165, 1.54) is 0 Å². The molecule has 6 nitrogen and oxygen atoms in total. The molecule has 1 atom stereocenters. The number of aromatic nitrogens is 3.